The number of Topliss-reactive ketones (excluding diaryl/α,β-unsaturated/α-hetero) is 1. The standard InChI is InChI=1S/C21H28N6O3/c1-14(28)17-13-23-19(25-18(17)22)24-15-5-7-16(8-6-15)26-9-11-27(12-10-26)20(29)30-21(2,3)4/h5-8,13H,9-12H2,1-4H3,(H3,22,23,24,25). The van der Waals surface area contributed by atoms with Crippen LogP contribution in [0.15, 0.2) is 30.5 Å². The molecular formula is C21H28N6O3. The van der Waals surface area contributed by atoms with Crippen LogP contribution in [-0.2, 0) is 4.74 Å². The molecule has 2 aromatic rings. The minimum Gasteiger partial charge on any atom is -0.444 e. The number of anilines is 4. The molecule has 2 heterocycles. The summed E-state index contributed by atoms with van der Waals surface area (Å²) in [5, 5.41) is 3.08. The van der Waals surface area contributed by atoms with Crippen molar-refractivity contribution in [1.29, 1.82) is 0 Å². The summed E-state index contributed by atoms with van der Waals surface area (Å²) >= 11 is 0. The molecule has 1 aromatic carbocycles. The van der Waals surface area contributed by atoms with E-state index in [1.54, 1.807) is 4.90 Å². The second kappa shape index (κ2) is 8.56. The van der Waals surface area contributed by atoms with Gasteiger partial charge >= 0.3 is 6.09 Å². The summed E-state index contributed by atoms with van der Waals surface area (Å²) in [6, 6.07) is 7.85. The van der Waals surface area contributed by atoms with Crippen LogP contribution in [0.5, 0.6) is 0 Å². The van der Waals surface area contributed by atoms with E-state index in [-0.39, 0.29) is 17.7 Å². The number of ketones is 1. The third-order valence-electron chi connectivity index (χ3n) is 4.62. The second-order valence-electron chi connectivity index (χ2n) is 8.18. The van der Waals surface area contributed by atoms with Gasteiger partial charge in [0.2, 0.25) is 5.95 Å². The van der Waals surface area contributed by atoms with Gasteiger partial charge in [-0.2, -0.15) is 4.98 Å². The average Bonchev–Trinajstić information content (AvgIpc) is 2.67. The Morgan fingerprint density at radius 2 is 1.73 bits per heavy atom. The number of nitrogens with zero attached hydrogens (tertiary/aromatic N) is 4. The zero-order chi connectivity index (χ0) is 21.9. The number of carbonyl (C=O) groups is 2. The number of benzene rings is 1. The van der Waals surface area contributed by atoms with E-state index in [0.29, 0.717) is 24.6 Å². The molecule has 1 saturated heterocycles. The van der Waals surface area contributed by atoms with E-state index in [1.807, 2.05) is 45.0 Å². The summed E-state index contributed by atoms with van der Waals surface area (Å²) < 4.78 is 5.44. The summed E-state index contributed by atoms with van der Waals surface area (Å²) in [5.74, 6) is 0.311. The first-order chi connectivity index (χ1) is 14.1. The van der Waals surface area contributed by atoms with Crippen molar-refractivity contribution in [2.45, 2.75) is 33.3 Å². The predicted molar refractivity (Wildman–Crippen MR) is 116 cm³/mol. The lowest BCUT2D eigenvalue weighted by Crippen LogP contribution is -2.50. The lowest BCUT2D eigenvalue weighted by atomic mass is 10.2. The minimum atomic E-state index is -0.488. The SMILES string of the molecule is CC(=O)c1cnc(Nc2ccc(N3CCN(C(=O)OC(C)(C)C)CC3)cc2)nc1N. The molecule has 1 amide bonds. The van der Waals surface area contributed by atoms with Gasteiger partial charge in [-0.05, 0) is 52.0 Å². The van der Waals surface area contributed by atoms with Gasteiger partial charge in [0, 0.05) is 43.8 Å². The van der Waals surface area contributed by atoms with Gasteiger partial charge in [0.15, 0.2) is 5.78 Å². The van der Waals surface area contributed by atoms with Gasteiger partial charge in [-0.25, -0.2) is 9.78 Å². The molecule has 160 valence electrons. The van der Waals surface area contributed by atoms with Crippen LogP contribution >= 0.6 is 0 Å². The fourth-order valence-electron chi connectivity index (χ4n) is 3.08. The molecule has 3 rings (SSSR count). The van der Waals surface area contributed by atoms with Gasteiger partial charge in [0.05, 0.1) is 5.56 Å². The maximum absolute atomic E-state index is 12.2. The van der Waals surface area contributed by atoms with E-state index in [9.17, 15) is 9.59 Å². The highest BCUT2D eigenvalue weighted by molar-refractivity contribution is 5.98. The zero-order valence-electron chi connectivity index (χ0n) is 17.8. The number of nitrogen functional groups attached to an aromatic ring is 1. The number of aromatic nitrogens is 2. The molecule has 0 radical (unpaired) electrons. The molecule has 3 N–H and O–H groups in total. The number of hydrogen-bond donors (Lipinski definition) is 2. The Bertz CT molecular complexity index is 915. The number of rotatable bonds is 4. The minimum absolute atomic E-state index is 0.152. The van der Waals surface area contributed by atoms with Crippen LogP contribution in [0, 0.1) is 0 Å². The summed E-state index contributed by atoms with van der Waals surface area (Å²) in [6.07, 6.45) is 1.16. The summed E-state index contributed by atoms with van der Waals surface area (Å²) in [5.41, 5.74) is 7.50. The molecule has 1 aliphatic rings. The number of nitrogens with one attached hydrogen (secondary N) is 1. The normalized spacial score (nSPS) is 14.4. The number of amides is 1. The maximum atomic E-state index is 12.2. The van der Waals surface area contributed by atoms with Crippen molar-refractivity contribution in [1.82, 2.24) is 14.9 Å². The largest absolute Gasteiger partial charge is 0.444 e. The number of carbonyl (C=O) groups excluding carboxylic acids is 2. The molecule has 1 fully saturated rings. The quantitative estimate of drug-likeness (QED) is 0.737. The lowest BCUT2D eigenvalue weighted by Gasteiger charge is -2.36. The molecule has 9 heteroatoms. The van der Waals surface area contributed by atoms with E-state index in [1.165, 1.54) is 13.1 Å². The Kier molecular flexibility index (Phi) is 6.09. The van der Waals surface area contributed by atoms with Gasteiger partial charge in [-0.3, -0.25) is 4.79 Å². The molecule has 0 spiro atoms. The topological polar surface area (TPSA) is 114 Å². The summed E-state index contributed by atoms with van der Waals surface area (Å²) in [6.45, 7) is 9.73. The highest BCUT2D eigenvalue weighted by Crippen LogP contribution is 2.22. The van der Waals surface area contributed by atoms with Crippen molar-refractivity contribution in [2.75, 3.05) is 42.1 Å². The Balaban J connectivity index is 1.57. The first-order valence-corrected chi connectivity index (χ1v) is 9.86. The highest BCUT2D eigenvalue weighted by atomic mass is 16.6. The second-order valence-corrected chi connectivity index (χ2v) is 8.18. The van der Waals surface area contributed by atoms with E-state index >= 15 is 0 Å². The van der Waals surface area contributed by atoms with Crippen LogP contribution < -0.4 is 16.0 Å². The molecule has 1 aliphatic heterocycles. The lowest BCUT2D eigenvalue weighted by molar-refractivity contribution is 0.0240. The molecule has 0 bridgehead atoms. The summed E-state index contributed by atoms with van der Waals surface area (Å²) in [7, 11) is 0. The molecule has 9 nitrogen and oxygen atoms in total. The van der Waals surface area contributed by atoms with Crippen molar-refractivity contribution in [3.8, 4) is 0 Å². The number of ether oxygens (including phenoxy) is 1. The molecule has 1 aromatic heterocycles. The Hall–Kier alpha value is -3.36. The maximum Gasteiger partial charge on any atom is 0.410 e. The van der Waals surface area contributed by atoms with E-state index in [0.717, 1.165) is 24.5 Å². The van der Waals surface area contributed by atoms with Crippen molar-refractivity contribution < 1.29 is 14.3 Å². The average molecular weight is 412 g/mol. The fraction of sp³-hybridized carbons (Fsp3) is 0.429. The van der Waals surface area contributed by atoms with Gasteiger partial charge in [0.1, 0.15) is 11.4 Å². The van der Waals surface area contributed by atoms with Gasteiger partial charge in [0.25, 0.3) is 0 Å². The van der Waals surface area contributed by atoms with Crippen LogP contribution in [-0.4, -0.2) is 58.5 Å². The van der Waals surface area contributed by atoms with Crippen molar-refractivity contribution in [3.05, 3.63) is 36.0 Å². The van der Waals surface area contributed by atoms with Crippen LogP contribution in [0.25, 0.3) is 0 Å². The van der Waals surface area contributed by atoms with Gasteiger partial charge < -0.3 is 25.6 Å². The molecular weight excluding hydrogens is 384 g/mol. The van der Waals surface area contributed by atoms with Gasteiger partial charge in [-0.1, -0.05) is 0 Å². The van der Waals surface area contributed by atoms with Crippen LogP contribution in [0.1, 0.15) is 38.1 Å². The molecule has 30 heavy (non-hydrogen) atoms. The van der Waals surface area contributed by atoms with E-state index in [2.05, 4.69) is 20.2 Å². The number of hydrogen-bond acceptors (Lipinski definition) is 8. The molecule has 0 unspecified atom stereocenters. The third-order valence-corrected chi connectivity index (χ3v) is 4.62. The van der Waals surface area contributed by atoms with Crippen LogP contribution in [0.2, 0.25) is 0 Å². The number of piperazine rings is 1. The Labute approximate surface area is 176 Å². The molecule has 0 saturated carbocycles. The first-order valence-electron chi connectivity index (χ1n) is 9.86. The smallest absolute Gasteiger partial charge is 0.410 e. The van der Waals surface area contributed by atoms with Crippen LogP contribution in [0.3, 0.4) is 0 Å². The van der Waals surface area contributed by atoms with Crippen molar-refractivity contribution in [3.63, 3.8) is 0 Å². The van der Waals surface area contributed by atoms with E-state index < -0.39 is 5.60 Å². The molecule has 0 aliphatic carbocycles. The van der Waals surface area contributed by atoms with Crippen molar-refractivity contribution in [2.24, 2.45) is 0 Å². The molecule has 0 atom stereocenters. The predicted octanol–water partition coefficient (Wildman–Crippen LogP) is 3.06. The number of nitrogens with two attached hydrogens (primary N) is 1. The highest BCUT2D eigenvalue weighted by Gasteiger charge is 2.25. The Morgan fingerprint density at radius 3 is 2.27 bits per heavy atom. The fourth-order valence-corrected chi connectivity index (χ4v) is 3.08. The summed E-state index contributed by atoms with van der Waals surface area (Å²) in [4.78, 5) is 35.8. The monoisotopic (exact) mass is 412 g/mol. The van der Waals surface area contributed by atoms with E-state index in [4.69, 9.17) is 10.5 Å². The third kappa shape index (κ3) is 5.37. The van der Waals surface area contributed by atoms with Crippen LogP contribution in [0.4, 0.5) is 27.9 Å². The Morgan fingerprint density at radius 1 is 1.10 bits per heavy atom. The van der Waals surface area contributed by atoms with Gasteiger partial charge in [-0.15, -0.1) is 0 Å². The van der Waals surface area contributed by atoms with Crippen molar-refractivity contribution >= 4 is 35.0 Å². The zero-order valence-corrected chi connectivity index (χ0v) is 17.8. The first kappa shape index (κ1) is 21.4.